The van der Waals surface area contributed by atoms with Crippen molar-refractivity contribution in [2.75, 3.05) is 0 Å². The van der Waals surface area contributed by atoms with Gasteiger partial charge >= 0.3 is 6.61 Å². The Morgan fingerprint density at radius 1 is 1.28 bits per heavy atom. The molecule has 0 aromatic heterocycles. The van der Waals surface area contributed by atoms with Gasteiger partial charge in [0.15, 0.2) is 0 Å². The Morgan fingerprint density at radius 3 is 2.76 bits per heavy atom. The minimum Gasteiger partial charge on any atom is -0.434 e. The second kappa shape index (κ2) is 7.47. The van der Waals surface area contributed by atoms with Gasteiger partial charge in [0, 0.05) is 22.5 Å². The number of benzene rings is 2. The van der Waals surface area contributed by atoms with Crippen molar-refractivity contribution in [2.24, 2.45) is 5.92 Å². The monoisotopic (exact) mass is 413 g/mol. The Morgan fingerprint density at radius 2 is 2.04 bits per heavy atom. The zero-order valence-corrected chi connectivity index (χ0v) is 14.6. The summed E-state index contributed by atoms with van der Waals surface area (Å²) in [5.74, 6) is -0.970. The van der Waals surface area contributed by atoms with Crippen LogP contribution in [0.2, 0.25) is 0 Å². The van der Waals surface area contributed by atoms with E-state index >= 15 is 0 Å². The molecule has 0 bridgehead atoms. The molecule has 3 nitrogen and oxygen atoms in total. The first-order valence-electron chi connectivity index (χ1n) is 7.71. The Kier molecular flexibility index (Phi) is 5.32. The molecule has 1 fully saturated rings. The molecule has 2 unspecified atom stereocenters. The van der Waals surface area contributed by atoms with Crippen LogP contribution in [0.25, 0.3) is 0 Å². The molecular formula is C18H15BrF3NO2. The normalized spacial score (nSPS) is 18.9. The van der Waals surface area contributed by atoms with Crippen LogP contribution in [0.5, 0.6) is 5.75 Å². The van der Waals surface area contributed by atoms with E-state index in [2.05, 4.69) is 26.0 Å². The van der Waals surface area contributed by atoms with Crippen LogP contribution in [0.4, 0.5) is 13.2 Å². The lowest BCUT2D eigenvalue weighted by Crippen LogP contribution is -2.25. The number of alkyl halides is 2. The molecule has 0 saturated heterocycles. The van der Waals surface area contributed by atoms with Crippen molar-refractivity contribution in [3.8, 4) is 5.75 Å². The maximum atomic E-state index is 13.8. The van der Waals surface area contributed by atoms with E-state index in [-0.39, 0.29) is 35.9 Å². The smallest absolute Gasteiger partial charge is 0.387 e. The first-order valence-corrected chi connectivity index (χ1v) is 8.50. The van der Waals surface area contributed by atoms with Crippen molar-refractivity contribution in [3.63, 3.8) is 0 Å². The van der Waals surface area contributed by atoms with Gasteiger partial charge in [-0.3, -0.25) is 4.79 Å². The Labute approximate surface area is 151 Å². The van der Waals surface area contributed by atoms with Crippen LogP contribution in [0.15, 0.2) is 46.9 Å². The van der Waals surface area contributed by atoms with E-state index in [4.69, 9.17) is 0 Å². The van der Waals surface area contributed by atoms with Gasteiger partial charge in [0.2, 0.25) is 5.91 Å². The number of amides is 1. The SMILES string of the molecule is O=C(NCc1cc(Br)ccc1OC(F)F)C1CC1c1ccccc1F. The minimum atomic E-state index is -2.94. The number of halogens is 4. The molecule has 2 aromatic rings. The van der Waals surface area contributed by atoms with E-state index in [1.165, 1.54) is 12.1 Å². The summed E-state index contributed by atoms with van der Waals surface area (Å²) >= 11 is 3.26. The van der Waals surface area contributed by atoms with Crippen LogP contribution in [0.1, 0.15) is 23.5 Å². The molecule has 2 aromatic carbocycles. The first kappa shape index (κ1) is 17.8. The third kappa shape index (κ3) is 4.34. The summed E-state index contributed by atoms with van der Waals surface area (Å²) in [4.78, 5) is 12.3. The molecule has 0 aliphatic heterocycles. The van der Waals surface area contributed by atoms with Gasteiger partial charge in [-0.1, -0.05) is 34.1 Å². The van der Waals surface area contributed by atoms with Gasteiger partial charge in [-0.15, -0.1) is 0 Å². The Hall–Kier alpha value is -2.02. The number of carbonyl (C=O) groups is 1. The Bertz CT molecular complexity index is 785. The van der Waals surface area contributed by atoms with Crippen LogP contribution < -0.4 is 10.1 Å². The number of hydrogen-bond donors (Lipinski definition) is 1. The minimum absolute atomic E-state index is 0.0138. The lowest BCUT2D eigenvalue weighted by Gasteiger charge is -2.12. The van der Waals surface area contributed by atoms with Gasteiger partial charge in [0.05, 0.1) is 0 Å². The highest BCUT2D eigenvalue weighted by molar-refractivity contribution is 9.10. The molecule has 1 aliphatic carbocycles. The summed E-state index contributed by atoms with van der Waals surface area (Å²) < 4.78 is 43.8. The highest BCUT2D eigenvalue weighted by atomic mass is 79.9. The average Bonchev–Trinajstić information content (AvgIpc) is 3.35. The number of rotatable bonds is 6. The van der Waals surface area contributed by atoms with E-state index < -0.39 is 6.61 Å². The molecule has 3 rings (SSSR count). The van der Waals surface area contributed by atoms with Gasteiger partial charge in [-0.25, -0.2) is 4.39 Å². The fourth-order valence-corrected chi connectivity index (χ4v) is 3.22. The fraction of sp³-hybridized carbons (Fsp3) is 0.278. The molecule has 132 valence electrons. The quantitative estimate of drug-likeness (QED) is 0.750. The second-order valence-electron chi connectivity index (χ2n) is 5.82. The lowest BCUT2D eigenvalue weighted by molar-refractivity contribution is -0.122. The van der Waals surface area contributed by atoms with Crippen LogP contribution in [-0.4, -0.2) is 12.5 Å². The molecular weight excluding hydrogens is 399 g/mol. The van der Waals surface area contributed by atoms with Crippen LogP contribution in [0, 0.1) is 11.7 Å². The molecule has 1 aliphatic rings. The molecule has 1 N–H and O–H groups in total. The maximum Gasteiger partial charge on any atom is 0.387 e. The summed E-state index contributed by atoms with van der Waals surface area (Å²) in [6.07, 6.45) is 0.575. The Balaban J connectivity index is 1.62. The van der Waals surface area contributed by atoms with Crippen LogP contribution in [0.3, 0.4) is 0 Å². The summed E-state index contributed by atoms with van der Waals surface area (Å²) in [7, 11) is 0. The van der Waals surface area contributed by atoms with E-state index in [0.717, 1.165) is 0 Å². The van der Waals surface area contributed by atoms with Crippen molar-refractivity contribution >= 4 is 21.8 Å². The van der Waals surface area contributed by atoms with E-state index in [9.17, 15) is 18.0 Å². The third-order valence-electron chi connectivity index (χ3n) is 4.12. The van der Waals surface area contributed by atoms with E-state index in [0.29, 0.717) is 22.0 Å². The zero-order chi connectivity index (χ0) is 18.0. The standard InChI is InChI=1S/C18H15BrF3NO2/c19-11-5-6-16(25-18(21)22)10(7-11)9-23-17(24)14-8-13(14)12-3-1-2-4-15(12)20/h1-7,13-14,18H,8-9H2,(H,23,24). The number of nitrogens with one attached hydrogen (secondary N) is 1. The van der Waals surface area contributed by atoms with Gasteiger partial charge < -0.3 is 10.1 Å². The molecule has 0 heterocycles. The summed E-state index contributed by atoms with van der Waals surface area (Å²) in [5, 5.41) is 2.71. The first-order chi connectivity index (χ1) is 12.0. The van der Waals surface area contributed by atoms with Gasteiger partial charge in [-0.05, 0) is 42.2 Å². The van der Waals surface area contributed by atoms with Crippen molar-refractivity contribution in [1.82, 2.24) is 5.32 Å². The van der Waals surface area contributed by atoms with Crippen molar-refractivity contribution in [3.05, 3.63) is 63.9 Å². The largest absolute Gasteiger partial charge is 0.434 e. The predicted octanol–water partition coefficient (Wildman–Crippen LogP) is 4.61. The molecule has 0 spiro atoms. The highest BCUT2D eigenvalue weighted by Gasteiger charge is 2.44. The number of carbonyl (C=O) groups excluding carboxylic acids is 1. The molecule has 7 heteroatoms. The summed E-state index contributed by atoms with van der Waals surface area (Å²) in [5.41, 5.74) is 0.970. The van der Waals surface area contributed by atoms with Crippen molar-refractivity contribution in [1.29, 1.82) is 0 Å². The molecule has 0 radical (unpaired) electrons. The topological polar surface area (TPSA) is 38.3 Å². The van der Waals surface area contributed by atoms with Gasteiger partial charge in [-0.2, -0.15) is 8.78 Å². The average molecular weight is 414 g/mol. The molecule has 1 amide bonds. The van der Waals surface area contributed by atoms with Crippen molar-refractivity contribution < 1.29 is 22.7 Å². The third-order valence-corrected chi connectivity index (χ3v) is 4.62. The lowest BCUT2D eigenvalue weighted by atomic mass is 10.1. The molecule has 25 heavy (non-hydrogen) atoms. The zero-order valence-electron chi connectivity index (χ0n) is 13.0. The van der Waals surface area contributed by atoms with Gasteiger partial charge in [0.1, 0.15) is 11.6 Å². The second-order valence-corrected chi connectivity index (χ2v) is 6.73. The van der Waals surface area contributed by atoms with Crippen LogP contribution in [-0.2, 0) is 11.3 Å². The van der Waals surface area contributed by atoms with E-state index in [1.807, 2.05) is 0 Å². The summed E-state index contributed by atoms with van der Waals surface area (Å²) in [6, 6.07) is 11.0. The fourth-order valence-electron chi connectivity index (χ4n) is 2.81. The molecule has 2 atom stereocenters. The molecule has 1 saturated carbocycles. The van der Waals surface area contributed by atoms with Crippen LogP contribution >= 0.6 is 15.9 Å². The predicted molar refractivity (Wildman–Crippen MR) is 89.9 cm³/mol. The number of ether oxygens (including phenoxy) is 1. The van der Waals surface area contributed by atoms with E-state index in [1.54, 1.807) is 30.3 Å². The van der Waals surface area contributed by atoms with Gasteiger partial charge in [0.25, 0.3) is 0 Å². The summed E-state index contributed by atoms with van der Waals surface area (Å²) in [6.45, 7) is -2.88. The number of hydrogen-bond acceptors (Lipinski definition) is 2. The highest BCUT2D eigenvalue weighted by Crippen LogP contribution is 2.48. The van der Waals surface area contributed by atoms with Crippen molar-refractivity contribution in [2.45, 2.75) is 25.5 Å². The maximum absolute atomic E-state index is 13.8.